The van der Waals surface area contributed by atoms with E-state index < -0.39 is 11.8 Å². The van der Waals surface area contributed by atoms with Gasteiger partial charge in [0, 0.05) is 11.7 Å². The summed E-state index contributed by atoms with van der Waals surface area (Å²) in [5.41, 5.74) is 2.79. The maximum atomic E-state index is 11.9. The van der Waals surface area contributed by atoms with Crippen LogP contribution in [0.4, 0.5) is 5.69 Å². The summed E-state index contributed by atoms with van der Waals surface area (Å²) in [4.78, 5) is 23.8. The van der Waals surface area contributed by atoms with Crippen LogP contribution in [0, 0.1) is 13.8 Å². The summed E-state index contributed by atoms with van der Waals surface area (Å²) in [6, 6.07) is 5.82. The van der Waals surface area contributed by atoms with Crippen molar-refractivity contribution in [2.75, 3.05) is 5.32 Å². The van der Waals surface area contributed by atoms with Crippen LogP contribution in [0.3, 0.4) is 0 Å². The summed E-state index contributed by atoms with van der Waals surface area (Å²) in [7, 11) is 0. The fourth-order valence-electron chi connectivity index (χ4n) is 2.56. The number of hydrogen-bond acceptors (Lipinski definition) is 2. The van der Waals surface area contributed by atoms with Crippen molar-refractivity contribution in [1.29, 1.82) is 0 Å². The Balaban J connectivity index is 1.93. The van der Waals surface area contributed by atoms with Gasteiger partial charge >= 0.3 is 11.8 Å². The second kappa shape index (κ2) is 6.55. The lowest BCUT2D eigenvalue weighted by Crippen LogP contribution is -2.42. The predicted molar refractivity (Wildman–Crippen MR) is 79.6 cm³/mol. The molecule has 1 aliphatic rings. The van der Waals surface area contributed by atoms with E-state index in [1.807, 2.05) is 32.0 Å². The molecule has 1 aromatic rings. The minimum absolute atomic E-state index is 0.153. The highest BCUT2D eigenvalue weighted by molar-refractivity contribution is 6.39. The summed E-state index contributed by atoms with van der Waals surface area (Å²) in [6.45, 7) is 3.91. The maximum absolute atomic E-state index is 11.9. The van der Waals surface area contributed by atoms with Gasteiger partial charge in [-0.1, -0.05) is 31.4 Å². The molecule has 1 aromatic carbocycles. The number of benzene rings is 1. The standard InChI is InChI=1S/C16H22N2O2/c1-11-7-6-10-14(12(11)2)18-16(20)15(19)17-13-8-4-3-5-9-13/h6-7,10,13H,3-5,8-9H2,1-2H3,(H,17,19)(H,18,20). The number of anilines is 1. The lowest BCUT2D eigenvalue weighted by atomic mass is 9.95. The van der Waals surface area contributed by atoms with Crippen LogP contribution in [0.15, 0.2) is 18.2 Å². The van der Waals surface area contributed by atoms with Crippen molar-refractivity contribution in [3.05, 3.63) is 29.3 Å². The number of nitrogens with one attached hydrogen (secondary N) is 2. The number of hydrogen-bond donors (Lipinski definition) is 2. The van der Waals surface area contributed by atoms with Crippen LogP contribution in [0.25, 0.3) is 0 Å². The maximum Gasteiger partial charge on any atom is 0.313 e. The first-order valence-corrected chi connectivity index (χ1v) is 7.26. The Bertz CT molecular complexity index is 505. The van der Waals surface area contributed by atoms with Gasteiger partial charge in [-0.2, -0.15) is 0 Å². The molecule has 0 heterocycles. The number of rotatable bonds is 2. The molecular weight excluding hydrogens is 252 g/mol. The first-order chi connectivity index (χ1) is 9.58. The van der Waals surface area contributed by atoms with Gasteiger partial charge in [-0.3, -0.25) is 9.59 Å². The third-order valence-electron chi connectivity index (χ3n) is 4.00. The Morgan fingerprint density at radius 2 is 1.75 bits per heavy atom. The lowest BCUT2D eigenvalue weighted by Gasteiger charge is -2.22. The molecule has 0 saturated heterocycles. The Morgan fingerprint density at radius 3 is 2.45 bits per heavy atom. The zero-order chi connectivity index (χ0) is 14.5. The Labute approximate surface area is 119 Å². The molecule has 4 nitrogen and oxygen atoms in total. The van der Waals surface area contributed by atoms with E-state index in [0.717, 1.165) is 36.8 Å². The van der Waals surface area contributed by atoms with E-state index in [4.69, 9.17) is 0 Å². The predicted octanol–water partition coefficient (Wildman–Crippen LogP) is 2.69. The van der Waals surface area contributed by atoms with E-state index in [1.165, 1.54) is 6.42 Å². The number of aryl methyl sites for hydroxylation is 1. The first-order valence-electron chi connectivity index (χ1n) is 7.26. The normalized spacial score (nSPS) is 15.7. The molecule has 0 spiro atoms. The SMILES string of the molecule is Cc1cccc(NC(=O)C(=O)NC2CCCCC2)c1C. The van der Waals surface area contributed by atoms with Crippen molar-refractivity contribution in [2.45, 2.75) is 52.0 Å². The first kappa shape index (κ1) is 14.6. The van der Waals surface area contributed by atoms with Crippen LogP contribution in [-0.4, -0.2) is 17.9 Å². The van der Waals surface area contributed by atoms with Crippen molar-refractivity contribution >= 4 is 17.5 Å². The second-order valence-corrected chi connectivity index (χ2v) is 5.51. The largest absolute Gasteiger partial charge is 0.345 e. The number of amides is 2. The third kappa shape index (κ3) is 3.59. The smallest absolute Gasteiger partial charge is 0.313 e. The van der Waals surface area contributed by atoms with Crippen molar-refractivity contribution in [1.82, 2.24) is 5.32 Å². The van der Waals surface area contributed by atoms with E-state index in [1.54, 1.807) is 0 Å². The summed E-state index contributed by atoms with van der Waals surface area (Å²) in [6.07, 6.45) is 5.43. The van der Waals surface area contributed by atoms with Gasteiger partial charge < -0.3 is 10.6 Å². The van der Waals surface area contributed by atoms with Gasteiger partial charge in [-0.25, -0.2) is 0 Å². The fraction of sp³-hybridized carbons (Fsp3) is 0.500. The van der Waals surface area contributed by atoms with Crippen LogP contribution in [0.5, 0.6) is 0 Å². The molecule has 20 heavy (non-hydrogen) atoms. The van der Waals surface area contributed by atoms with Gasteiger partial charge in [0.15, 0.2) is 0 Å². The summed E-state index contributed by atoms with van der Waals surface area (Å²) >= 11 is 0. The quantitative estimate of drug-likeness (QED) is 0.815. The fourth-order valence-corrected chi connectivity index (χ4v) is 2.56. The van der Waals surface area contributed by atoms with Crippen LogP contribution in [0.1, 0.15) is 43.2 Å². The monoisotopic (exact) mass is 274 g/mol. The van der Waals surface area contributed by atoms with Gasteiger partial charge in [0.05, 0.1) is 0 Å². The number of carbonyl (C=O) groups is 2. The molecule has 0 aliphatic heterocycles. The Morgan fingerprint density at radius 1 is 1.05 bits per heavy atom. The average molecular weight is 274 g/mol. The molecule has 0 aromatic heterocycles. The third-order valence-corrected chi connectivity index (χ3v) is 4.00. The van der Waals surface area contributed by atoms with Crippen molar-refractivity contribution < 1.29 is 9.59 Å². The van der Waals surface area contributed by atoms with Crippen LogP contribution >= 0.6 is 0 Å². The molecular formula is C16H22N2O2. The lowest BCUT2D eigenvalue weighted by molar-refractivity contribution is -0.136. The van der Waals surface area contributed by atoms with E-state index in [-0.39, 0.29) is 6.04 Å². The van der Waals surface area contributed by atoms with Crippen molar-refractivity contribution in [3.8, 4) is 0 Å². The summed E-state index contributed by atoms with van der Waals surface area (Å²) in [5, 5.41) is 5.51. The highest BCUT2D eigenvalue weighted by atomic mass is 16.2. The molecule has 0 radical (unpaired) electrons. The average Bonchev–Trinajstić information content (AvgIpc) is 2.45. The molecule has 1 aliphatic carbocycles. The molecule has 108 valence electrons. The van der Waals surface area contributed by atoms with E-state index >= 15 is 0 Å². The summed E-state index contributed by atoms with van der Waals surface area (Å²) in [5.74, 6) is -1.11. The van der Waals surface area contributed by atoms with Gasteiger partial charge in [0.2, 0.25) is 0 Å². The topological polar surface area (TPSA) is 58.2 Å². The molecule has 2 N–H and O–H groups in total. The Kier molecular flexibility index (Phi) is 4.77. The summed E-state index contributed by atoms with van der Waals surface area (Å²) < 4.78 is 0. The molecule has 0 bridgehead atoms. The van der Waals surface area contributed by atoms with Crippen LogP contribution < -0.4 is 10.6 Å². The molecule has 1 saturated carbocycles. The Hall–Kier alpha value is -1.84. The van der Waals surface area contributed by atoms with Gasteiger partial charge in [-0.05, 0) is 43.9 Å². The van der Waals surface area contributed by atoms with Crippen molar-refractivity contribution in [2.24, 2.45) is 0 Å². The minimum Gasteiger partial charge on any atom is -0.345 e. The zero-order valence-corrected chi connectivity index (χ0v) is 12.2. The van der Waals surface area contributed by atoms with Gasteiger partial charge in [0.1, 0.15) is 0 Å². The van der Waals surface area contributed by atoms with Crippen LogP contribution in [-0.2, 0) is 9.59 Å². The molecule has 0 unspecified atom stereocenters. The zero-order valence-electron chi connectivity index (χ0n) is 12.2. The molecule has 0 atom stereocenters. The van der Waals surface area contributed by atoms with E-state index in [0.29, 0.717) is 5.69 Å². The van der Waals surface area contributed by atoms with E-state index in [9.17, 15) is 9.59 Å². The molecule has 1 fully saturated rings. The highest BCUT2D eigenvalue weighted by Gasteiger charge is 2.20. The molecule has 2 amide bonds. The molecule has 4 heteroatoms. The second-order valence-electron chi connectivity index (χ2n) is 5.51. The number of carbonyl (C=O) groups excluding carboxylic acids is 2. The molecule has 2 rings (SSSR count). The van der Waals surface area contributed by atoms with Gasteiger partial charge in [-0.15, -0.1) is 0 Å². The van der Waals surface area contributed by atoms with Crippen molar-refractivity contribution in [3.63, 3.8) is 0 Å². The highest BCUT2D eigenvalue weighted by Crippen LogP contribution is 2.19. The minimum atomic E-state index is -0.579. The van der Waals surface area contributed by atoms with E-state index in [2.05, 4.69) is 10.6 Å². The van der Waals surface area contributed by atoms with Crippen LogP contribution in [0.2, 0.25) is 0 Å². The van der Waals surface area contributed by atoms with Gasteiger partial charge in [0.25, 0.3) is 0 Å².